The van der Waals surface area contributed by atoms with Gasteiger partial charge in [-0.05, 0) is 67.5 Å². The van der Waals surface area contributed by atoms with Gasteiger partial charge in [-0.2, -0.15) is 0 Å². The highest BCUT2D eigenvalue weighted by atomic mass is 35.5. The number of nitrogens with two attached hydrogens (primary N) is 1. The van der Waals surface area contributed by atoms with Gasteiger partial charge in [0.15, 0.2) is 5.11 Å². The summed E-state index contributed by atoms with van der Waals surface area (Å²) in [4.78, 5) is 0. The van der Waals surface area contributed by atoms with E-state index in [2.05, 4.69) is 12.2 Å². The molecule has 0 aliphatic heterocycles. The zero-order chi connectivity index (χ0) is 14.7. The molecule has 0 amide bonds. The van der Waals surface area contributed by atoms with E-state index < -0.39 is 0 Å². The van der Waals surface area contributed by atoms with Gasteiger partial charge in [0.2, 0.25) is 0 Å². The fourth-order valence-electron chi connectivity index (χ4n) is 1.71. The normalized spacial score (nSPS) is 10.2. The molecule has 0 aliphatic rings. The number of hydrogen-bond donors (Lipinski definition) is 2. The van der Waals surface area contributed by atoms with Crippen molar-refractivity contribution in [2.45, 2.75) is 13.8 Å². The minimum absolute atomic E-state index is 0.198. The number of halogens is 1. The third kappa shape index (κ3) is 3.62. The van der Waals surface area contributed by atoms with Gasteiger partial charge in [-0.3, -0.25) is 0 Å². The summed E-state index contributed by atoms with van der Waals surface area (Å²) in [6, 6.07) is 11.2. The highest BCUT2D eigenvalue weighted by Gasteiger charge is 2.06. The third-order valence-electron chi connectivity index (χ3n) is 2.91. The van der Waals surface area contributed by atoms with Crippen molar-refractivity contribution in [3.8, 4) is 11.5 Å². The van der Waals surface area contributed by atoms with Crippen molar-refractivity contribution in [3.05, 3.63) is 52.5 Å². The number of hydrogen-bond acceptors (Lipinski definition) is 2. The van der Waals surface area contributed by atoms with Crippen molar-refractivity contribution in [2.75, 3.05) is 5.32 Å². The molecule has 0 atom stereocenters. The summed E-state index contributed by atoms with van der Waals surface area (Å²) in [7, 11) is 0. The Morgan fingerprint density at radius 1 is 1.15 bits per heavy atom. The summed E-state index contributed by atoms with van der Waals surface area (Å²) >= 11 is 11.0. The van der Waals surface area contributed by atoms with Gasteiger partial charge in [-0.1, -0.05) is 17.7 Å². The first-order valence-corrected chi connectivity index (χ1v) is 6.85. The maximum Gasteiger partial charge on any atom is 0.168 e. The van der Waals surface area contributed by atoms with E-state index in [9.17, 15) is 0 Å². The Hall–Kier alpha value is -1.78. The summed E-state index contributed by atoms with van der Waals surface area (Å²) in [6.45, 7) is 4.10. The van der Waals surface area contributed by atoms with Crippen molar-refractivity contribution >= 4 is 34.6 Å². The molecule has 0 aromatic heterocycles. The van der Waals surface area contributed by atoms with Crippen LogP contribution < -0.4 is 15.8 Å². The number of anilines is 1. The smallest absolute Gasteiger partial charge is 0.168 e. The standard InChI is InChI=1S/C15H15ClN2OS/c1-9-3-5-12(7-10(9)2)19-14-6-4-11(8-13(14)16)18-15(17)20/h3-8H,1-2H3,(H3,17,18,20). The van der Waals surface area contributed by atoms with E-state index in [0.717, 1.165) is 11.4 Å². The van der Waals surface area contributed by atoms with Crippen molar-refractivity contribution in [2.24, 2.45) is 5.73 Å². The zero-order valence-corrected chi connectivity index (χ0v) is 12.8. The number of aryl methyl sites for hydroxylation is 2. The molecule has 0 unspecified atom stereocenters. The molecule has 3 nitrogen and oxygen atoms in total. The largest absolute Gasteiger partial charge is 0.456 e. The summed E-state index contributed by atoms with van der Waals surface area (Å²) < 4.78 is 5.78. The van der Waals surface area contributed by atoms with Gasteiger partial charge in [0.05, 0.1) is 5.02 Å². The molecule has 0 saturated carbocycles. The summed E-state index contributed by atoms with van der Waals surface area (Å²) in [5.74, 6) is 1.34. The molecule has 2 aromatic carbocycles. The van der Waals surface area contributed by atoms with E-state index in [-0.39, 0.29) is 5.11 Å². The first-order valence-electron chi connectivity index (χ1n) is 6.07. The van der Waals surface area contributed by atoms with Crippen LogP contribution in [0.4, 0.5) is 5.69 Å². The van der Waals surface area contributed by atoms with Gasteiger partial charge >= 0.3 is 0 Å². The van der Waals surface area contributed by atoms with Crippen LogP contribution in [0.15, 0.2) is 36.4 Å². The molecule has 104 valence electrons. The van der Waals surface area contributed by atoms with E-state index in [1.54, 1.807) is 18.2 Å². The van der Waals surface area contributed by atoms with Gasteiger partial charge in [0, 0.05) is 5.69 Å². The van der Waals surface area contributed by atoms with Gasteiger partial charge in [0.25, 0.3) is 0 Å². The maximum atomic E-state index is 6.18. The molecule has 2 aromatic rings. The van der Waals surface area contributed by atoms with Crippen LogP contribution in [0.25, 0.3) is 0 Å². The Labute approximate surface area is 128 Å². The molecular formula is C15H15ClN2OS. The lowest BCUT2D eigenvalue weighted by molar-refractivity contribution is 0.482. The Balaban J connectivity index is 2.21. The molecule has 20 heavy (non-hydrogen) atoms. The summed E-state index contributed by atoms with van der Waals surface area (Å²) in [5.41, 5.74) is 8.54. The summed E-state index contributed by atoms with van der Waals surface area (Å²) in [5, 5.41) is 3.51. The van der Waals surface area contributed by atoms with Gasteiger partial charge < -0.3 is 15.8 Å². The highest BCUT2D eigenvalue weighted by molar-refractivity contribution is 7.80. The van der Waals surface area contributed by atoms with Crippen LogP contribution in [-0.4, -0.2) is 5.11 Å². The van der Waals surface area contributed by atoms with Crippen LogP contribution >= 0.6 is 23.8 Å². The quantitative estimate of drug-likeness (QED) is 0.825. The van der Waals surface area contributed by atoms with Crippen LogP contribution in [0.1, 0.15) is 11.1 Å². The predicted octanol–water partition coefficient (Wildman–Crippen LogP) is 4.40. The fourth-order valence-corrected chi connectivity index (χ4v) is 2.04. The second-order valence-corrected chi connectivity index (χ2v) is 5.33. The number of ether oxygens (including phenoxy) is 1. The van der Waals surface area contributed by atoms with Crippen LogP contribution in [0.5, 0.6) is 11.5 Å². The molecule has 0 fully saturated rings. The van der Waals surface area contributed by atoms with E-state index >= 15 is 0 Å². The molecule has 5 heteroatoms. The molecule has 0 spiro atoms. The van der Waals surface area contributed by atoms with Crippen LogP contribution in [0.3, 0.4) is 0 Å². The minimum Gasteiger partial charge on any atom is -0.456 e. The lowest BCUT2D eigenvalue weighted by atomic mass is 10.1. The van der Waals surface area contributed by atoms with E-state index in [0.29, 0.717) is 10.8 Å². The van der Waals surface area contributed by atoms with Crippen molar-refractivity contribution < 1.29 is 4.74 Å². The zero-order valence-electron chi connectivity index (χ0n) is 11.2. The van der Waals surface area contributed by atoms with Crippen molar-refractivity contribution in [1.82, 2.24) is 0 Å². The van der Waals surface area contributed by atoms with Gasteiger partial charge in [0.1, 0.15) is 11.5 Å². The average Bonchev–Trinajstić information content (AvgIpc) is 2.36. The first-order chi connectivity index (χ1) is 9.45. The Bertz CT molecular complexity index is 658. The highest BCUT2D eigenvalue weighted by Crippen LogP contribution is 2.32. The summed E-state index contributed by atoms with van der Waals surface area (Å²) in [6.07, 6.45) is 0. The Kier molecular flexibility index (Phi) is 4.47. The molecule has 0 saturated heterocycles. The van der Waals surface area contributed by atoms with Crippen LogP contribution in [0.2, 0.25) is 5.02 Å². The topological polar surface area (TPSA) is 47.3 Å². The fraction of sp³-hybridized carbons (Fsp3) is 0.133. The van der Waals surface area contributed by atoms with E-state index in [4.69, 9.17) is 34.3 Å². The molecule has 0 heterocycles. The van der Waals surface area contributed by atoms with Gasteiger partial charge in [-0.25, -0.2) is 0 Å². The number of benzene rings is 2. The predicted molar refractivity (Wildman–Crippen MR) is 87.9 cm³/mol. The molecule has 2 rings (SSSR count). The van der Waals surface area contributed by atoms with Crippen molar-refractivity contribution in [3.63, 3.8) is 0 Å². The van der Waals surface area contributed by atoms with Crippen molar-refractivity contribution in [1.29, 1.82) is 0 Å². The molecule has 0 radical (unpaired) electrons. The Morgan fingerprint density at radius 3 is 2.50 bits per heavy atom. The maximum absolute atomic E-state index is 6.18. The molecular weight excluding hydrogens is 292 g/mol. The average molecular weight is 307 g/mol. The molecule has 3 N–H and O–H groups in total. The lowest BCUT2D eigenvalue weighted by Crippen LogP contribution is -2.18. The number of thiocarbonyl (C=S) groups is 1. The molecule has 0 aliphatic carbocycles. The second-order valence-electron chi connectivity index (χ2n) is 4.48. The number of nitrogens with one attached hydrogen (secondary N) is 1. The SMILES string of the molecule is Cc1ccc(Oc2ccc(NC(N)=S)cc2Cl)cc1C. The first kappa shape index (κ1) is 14.6. The van der Waals surface area contributed by atoms with Crippen LogP contribution in [-0.2, 0) is 0 Å². The van der Waals surface area contributed by atoms with Crippen LogP contribution in [0, 0.1) is 13.8 Å². The lowest BCUT2D eigenvalue weighted by Gasteiger charge is -2.11. The third-order valence-corrected chi connectivity index (χ3v) is 3.30. The monoisotopic (exact) mass is 306 g/mol. The minimum atomic E-state index is 0.198. The van der Waals surface area contributed by atoms with E-state index in [1.165, 1.54) is 11.1 Å². The van der Waals surface area contributed by atoms with Gasteiger partial charge in [-0.15, -0.1) is 0 Å². The number of rotatable bonds is 3. The second kappa shape index (κ2) is 6.11. The Morgan fingerprint density at radius 2 is 1.90 bits per heavy atom. The molecule has 0 bridgehead atoms. The van der Waals surface area contributed by atoms with E-state index in [1.807, 2.05) is 25.1 Å².